The van der Waals surface area contributed by atoms with Gasteiger partial charge in [-0.15, -0.1) is 0 Å². The predicted octanol–water partition coefficient (Wildman–Crippen LogP) is 3.17. The number of pyridine rings is 1. The predicted molar refractivity (Wildman–Crippen MR) is 81.0 cm³/mol. The van der Waals surface area contributed by atoms with Crippen LogP contribution in [0.25, 0.3) is 10.8 Å². The fourth-order valence-electron chi connectivity index (χ4n) is 2.13. The number of benzene rings is 1. The van der Waals surface area contributed by atoms with Gasteiger partial charge in [0.1, 0.15) is 5.82 Å². The molecule has 0 aliphatic rings. The van der Waals surface area contributed by atoms with Gasteiger partial charge < -0.3 is 10.6 Å². The minimum absolute atomic E-state index is 0.380. The molecule has 2 N–H and O–H groups in total. The van der Waals surface area contributed by atoms with E-state index in [9.17, 15) is 0 Å². The molecule has 4 heteroatoms. The third kappa shape index (κ3) is 2.49. The van der Waals surface area contributed by atoms with Gasteiger partial charge in [0, 0.05) is 40.6 Å². The van der Waals surface area contributed by atoms with Crippen molar-refractivity contribution in [1.82, 2.24) is 4.98 Å². The Balaban J connectivity index is 2.59. The van der Waals surface area contributed by atoms with Crippen LogP contribution >= 0.6 is 15.9 Å². The average molecular weight is 308 g/mol. The number of rotatable bonds is 4. The highest BCUT2D eigenvalue weighted by atomic mass is 79.9. The Bertz CT molecular complexity index is 540. The topological polar surface area (TPSA) is 42.1 Å². The van der Waals surface area contributed by atoms with E-state index >= 15 is 0 Å². The fraction of sp³-hybridized carbons (Fsp3) is 0.357. The average Bonchev–Trinajstić information content (AvgIpc) is 2.36. The largest absolute Gasteiger partial charge is 0.352 e. The molecule has 96 valence electrons. The van der Waals surface area contributed by atoms with Crippen LogP contribution in [0.5, 0.6) is 0 Å². The molecule has 0 radical (unpaired) electrons. The van der Waals surface area contributed by atoms with E-state index in [1.807, 2.05) is 18.3 Å². The molecule has 2 rings (SSSR count). The molecule has 0 saturated carbocycles. The van der Waals surface area contributed by atoms with Crippen molar-refractivity contribution in [2.45, 2.75) is 19.9 Å². The second-order valence-corrected chi connectivity index (χ2v) is 5.40. The summed E-state index contributed by atoms with van der Waals surface area (Å²) in [7, 11) is 0. The van der Waals surface area contributed by atoms with Gasteiger partial charge in [0.15, 0.2) is 0 Å². The molecule has 0 amide bonds. The van der Waals surface area contributed by atoms with E-state index in [1.165, 1.54) is 5.39 Å². The first-order valence-corrected chi connectivity index (χ1v) is 6.94. The monoisotopic (exact) mass is 307 g/mol. The lowest BCUT2D eigenvalue weighted by molar-refractivity contribution is 0.677. The molecule has 0 atom stereocenters. The molecule has 0 spiro atoms. The summed E-state index contributed by atoms with van der Waals surface area (Å²) in [6, 6.07) is 8.61. The Kier molecular flexibility index (Phi) is 4.19. The second-order valence-electron chi connectivity index (χ2n) is 4.55. The van der Waals surface area contributed by atoms with Gasteiger partial charge in [-0.3, -0.25) is 0 Å². The third-order valence-corrected chi connectivity index (χ3v) is 3.69. The highest BCUT2D eigenvalue weighted by molar-refractivity contribution is 9.10. The smallest absolute Gasteiger partial charge is 0.136 e. The van der Waals surface area contributed by atoms with Gasteiger partial charge in [-0.1, -0.05) is 28.1 Å². The van der Waals surface area contributed by atoms with E-state index in [4.69, 9.17) is 5.73 Å². The molecular weight excluding hydrogens is 290 g/mol. The first-order chi connectivity index (χ1) is 8.65. The number of hydrogen-bond donors (Lipinski definition) is 1. The van der Waals surface area contributed by atoms with E-state index < -0.39 is 0 Å². The minimum atomic E-state index is 0.380. The lowest BCUT2D eigenvalue weighted by Gasteiger charge is -2.28. The van der Waals surface area contributed by atoms with Crippen LogP contribution in [0.1, 0.15) is 13.8 Å². The molecule has 0 unspecified atom stereocenters. The quantitative estimate of drug-likeness (QED) is 0.943. The third-order valence-electron chi connectivity index (χ3n) is 3.00. The number of aromatic nitrogens is 1. The van der Waals surface area contributed by atoms with Crippen LogP contribution in [-0.2, 0) is 0 Å². The molecule has 1 aromatic carbocycles. The zero-order valence-corrected chi connectivity index (χ0v) is 12.3. The Morgan fingerprint density at radius 1 is 1.28 bits per heavy atom. The summed E-state index contributed by atoms with van der Waals surface area (Å²) in [4.78, 5) is 6.78. The van der Waals surface area contributed by atoms with Crippen molar-refractivity contribution in [3.05, 3.63) is 34.9 Å². The van der Waals surface area contributed by atoms with Crippen molar-refractivity contribution in [1.29, 1.82) is 0 Å². The van der Waals surface area contributed by atoms with Crippen LogP contribution < -0.4 is 10.6 Å². The minimum Gasteiger partial charge on any atom is -0.352 e. The van der Waals surface area contributed by atoms with Gasteiger partial charge in [-0.05, 0) is 26.0 Å². The van der Waals surface area contributed by atoms with E-state index in [0.717, 1.165) is 22.2 Å². The molecule has 2 aromatic rings. The summed E-state index contributed by atoms with van der Waals surface area (Å²) >= 11 is 3.59. The molecule has 0 aliphatic carbocycles. The van der Waals surface area contributed by atoms with Crippen LogP contribution in [0.2, 0.25) is 0 Å². The van der Waals surface area contributed by atoms with Crippen LogP contribution in [0, 0.1) is 0 Å². The van der Waals surface area contributed by atoms with Crippen molar-refractivity contribution >= 4 is 32.5 Å². The van der Waals surface area contributed by atoms with Gasteiger partial charge >= 0.3 is 0 Å². The highest BCUT2D eigenvalue weighted by Crippen LogP contribution is 2.30. The fourth-order valence-corrected chi connectivity index (χ4v) is 2.63. The van der Waals surface area contributed by atoms with Gasteiger partial charge in [0.05, 0.1) is 0 Å². The Labute approximate surface area is 116 Å². The van der Waals surface area contributed by atoms with E-state index in [2.05, 4.69) is 51.8 Å². The number of nitrogens with two attached hydrogens (primary N) is 1. The van der Waals surface area contributed by atoms with Crippen LogP contribution in [0.4, 0.5) is 5.82 Å². The summed E-state index contributed by atoms with van der Waals surface area (Å²) in [5.41, 5.74) is 5.70. The lowest BCUT2D eigenvalue weighted by atomic mass is 10.1. The second kappa shape index (κ2) is 5.67. The van der Waals surface area contributed by atoms with E-state index in [1.54, 1.807) is 0 Å². The summed E-state index contributed by atoms with van der Waals surface area (Å²) < 4.78 is 1.10. The van der Waals surface area contributed by atoms with Gasteiger partial charge in [0.2, 0.25) is 0 Å². The number of hydrogen-bond acceptors (Lipinski definition) is 3. The maximum Gasteiger partial charge on any atom is 0.136 e. The SMILES string of the molecule is CC(C)N(CCN)c1nccc2c(Br)cccc12. The van der Waals surface area contributed by atoms with Crippen molar-refractivity contribution in [3.8, 4) is 0 Å². The van der Waals surface area contributed by atoms with Crippen molar-refractivity contribution in [2.24, 2.45) is 5.73 Å². The first kappa shape index (κ1) is 13.3. The molecule has 0 saturated heterocycles. The molecule has 0 aliphatic heterocycles. The van der Waals surface area contributed by atoms with Crippen molar-refractivity contribution < 1.29 is 0 Å². The molecule has 1 aromatic heterocycles. The number of halogens is 1. The molecule has 0 fully saturated rings. The molecule has 3 nitrogen and oxygen atoms in total. The van der Waals surface area contributed by atoms with Gasteiger partial charge in [0.25, 0.3) is 0 Å². The number of anilines is 1. The molecule has 18 heavy (non-hydrogen) atoms. The Hall–Kier alpha value is -1.13. The summed E-state index contributed by atoms with van der Waals surface area (Å²) in [6.45, 7) is 5.77. The van der Waals surface area contributed by atoms with Crippen molar-refractivity contribution in [3.63, 3.8) is 0 Å². The Morgan fingerprint density at radius 2 is 2.06 bits per heavy atom. The lowest BCUT2D eigenvalue weighted by Crippen LogP contribution is -2.36. The highest BCUT2D eigenvalue weighted by Gasteiger charge is 2.14. The molecular formula is C14H18BrN3. The summed E-state index contributed by atoms with van der Waals surface area (Å²) in [5.74, 6) is 1.01. The maximum atomic E-state index is 5.70. The zero-order valence-electron chi connectivity index (χ0n) is 10.7. The van der Waals surface area contributed by atoms with Gasteiger partial charge in [-0.25, -0.2) is 4.98 Å². The summed E-state index contributed by atoms with van der Waals surface area (Å²) in [5, 5.41) is 2.35. The van der Waals surface area contributed by atoms with Gasteiger partial charge in [-0.2, -0.15) is 0 Å². The van der Waals surface area contributed by atoms with E-state index in [0.29, 0.717) is 12.6 Å². The number of fused-ring (bicyclic) bond motifs is 1. The first-order valence-electron chi connectivity index (χ1n) is 6.15. The number of nitrogens with zero attached hydrogens (tertiary/aromatic N) is 2. The van der Waals surface area contributed by atoms with Crippen LogP contribution in [0.3, 0.4) is 0 Å². The maximum absolute atomic E-state index is 5.70. The zero-order chi connectivity index (χ0) is 13.1. The van der Waals surface area contributed by atoms with Crippen LogP contribution in [-0.4, -0.2) is 24.1 Å². The molecule has 1 heterocycles. The standard InChI is InChI=1S/C14H18BrN3/c1-10(2)18(9-7-16)14-12-4-3-5-13(15)11(12)6-8-17-14/h3-6,8,10H,7,9,16H2,1-2H3. The molecule has 0 bridgehead atoms. The van der Waals surface area contributed by atoms with E-state index in [-0.39, 0.29) is 0 Å². The Morgan fingerprint density at radius 3 is 2.72 bits per heavy atom. The normalized spacial score (nSPS) is 11.2. The van der Waals surface area contributed by atoms with Crippen LogP contribution in [0.15, 0.2) is 34.9 Å². The van der Waals surface area contributed by atoms with Crippen molar-refractivity contribution in [2.75, 3.05) is 18.0 Å². The summed E-state index contributed by atoms with van der Waals surface area (Å²) in [6.07, 6.45) is 1.86.